The van der Waals surface area contributed by atoms with E-state index in [4.69, 9.17) is 11.6 Å². The van der Waals surface area contributed by atoms with Crippen LogP contribution in [-0.2, 0) is 11.3 Å². The first-order valence-corrected chi connectivity index (χ1v) is 7.10. The Hall–Kier alpha value is -1.79. The maximum Gasteiger partial charge on any atom is 0.299 e. The van der Waals surface area contributed by atoms with Crippen molar-refractivity contribution in [1.29, 1.82) is 0 Å². The Labute approximate surface area is 132 Å². The maximum atomic E-state index is 13.7. The molecule has 2 aromatic rings. The first kappa shape index (κ1) is 14.2. The van der Waals surface area contributed by atoms with E-state index in [1.807, 2.05) is 0 Å². The van der Waals surface area contributed by atoms with Crippen molar-refractivity contribution in [3.8, 4) is 0 Å². The van der Waals surface area contributed by atoms with E-state index < -0.39 is 17.5 Å². The number of halogens is 3. The molecule has 0 N–H and O–H groups in total. The molecular formula is C14H7BrClFN2O2. The molecule has 2 heterocycles. The number of carbonyl (C=O) groups is 2. The van der Waals surface area contributed by atoms with Crippen molar-refractivity contribution in [3.63, 3.8) is 0 Å². The summed E-state index contributed by atoms with van der Waals surface area (Å²) in [5.41, 5.74) is 0.933. The van der Waals surface area contributed by atoms with Crippen molar-refractivity contribution < 1.29 is 14.0 Å². The zero-order valence-electron chi connectivity index (χ0n) is 10.4. The molecule has 0 unspecified atom stereocenters. The number of fused-ring (bicyclic) bond motifs is 1. The van der Waals surface area contributed by atoms with Crippen LogP contribution in [-0.4, -0.2) is 16.7 Å². The van der Waals surface area contributed by atoms with Crippen molar-refractivity contribution in [1.82, 2.24) is 4.98 Å². The average molecular weight is 370 g/mol. The highest BCUT2D eigenvalue weighted by atomic mass is 79.9. The zero-order chi connectivity index (χ0) is 15.1. The second kappa shape index (κ2) is 5.20. The molecule has 3 rings (SSSR count). The van der Waals surface area contributed by atoms with Gasteiger partial charge in [-0.05, 0) is 40.2 Å². The summed E-state index contributed by atoms with van der Waals surface area (Å²) in [6.45, 7) is 0.0548. The lowest BCUT2D eigenvalue weighted by atomic mass is 10.1. The molecule has 0 aliphatic carbocycles. The molecule has 0 spiro atoms. The summed E-state index contributed by atoms with van der Waals surface area (Å²) in [5.74, 6) is -1.91. The van der Waals surface area contributed by atoms with Crippen molar-refractivity contribution >= 4 is 44.9 Å². The number of hydrogen-bond acceptors (Lipinski definition) is 3. The molecule has 106 valence electrons. The van der Waals surface area contributed by atoms with Gasteiger partial charge in [0.1, 0.15) is 5.82 Å². The molecule has 0 fully saturated rings. The van der Waals surface area contributed by atoms with Gasteiger partial charge in [0, 0.05) is 11.2 Å². The monoisotopic (exact) mass is 368 g/mol. The van der Waals surface area contributed by atoms with Gasteiger partial charge in [-0.3, -0.25) is 19.5 Å². The number of pyridine rings is 1. The Morgan fingerprint density at radius 2 is 2.05 bits per heavy atom. The summed E-state index contributed by atoms with van der Waals surface area (Å²) >= 11 is 8.87. The Bertz CT molecular complexity index is 782. The van der Waals surface area contributed by atoms with Crippen LogP contribution < -0.4 is 4.90 Å². The number of nitrogens with zero attached hydrogens (tertiary/aromatic N) is 2. The van der Waals surface area contributed by atoms with Crippen LogP contribution in [0.2, 0.25) is 5.02 Å². The summed E-state index contributed by atoms with van der Waals surface area (Å²) in [4.78, 5) is 29.3. The molecule has 1 amide bonds. The van der Waals surface area contributed by atoms with E-state index in [1.54, 1.807) is 12.1 Å². The quantitative estimate of drug-likeness (QED) is 0.763. The minimum atomic E-state index is -0.704. The molecule has 21 heavy (non-hydrogen) atoms. The van der Waals surface area contributed by atoms with E-state index in [0.29, 0.717) is 10.7 Å². The number of carbonyl (C=O) groups excluding carboxylic acids is 2. The zero-order valence-corrected chi connectivity index (χ0v) is 12.8. The maximum absolute atomic E-state index is 13.7. The van der Waals surface area contributed by atoms with Gasteiger partial charge in [0.15, 0.2) is 0 Å². The van der Waals surface area contributed by atoms with Gasteiger partial charge in [-0.2, -0.15) is 0 Å². The summed E-state index contributed by atoms with van der Waals surface area (Å²) in [5, 5.41) is 0.472. The minimum Gasteiger partial charge on any atom is -0.299 e. The fourth-order valence-electron chi connectivity index (χ4n) is 2.14. The topological polar surface area (TPSA) is 50.3 Å². The van der Waals surface area contributed by atoms with Gasteiger partial charge in [0.25, 0.3) is 11.7 Å². The fourth-order valence-corrected chi connectivity index (χ4v) is 2.67. The first-order chi connectivity index (χ1) is 9.97. The molecule has 7 heteroatoms. The third-order valence-corrected chi connectivity index (χ3v) is 3.95. The highest BCUT2D eigenvalue weighted by molar-refractivity contribution is 9.10. The number of rotatable bonds is 2. The smallest absolute Gasteiger partial charge is 0.299 e. The lowest BCUT2D eigenvalue weighted by molar-refractivity contribution is -0.114. The van der Waals surface area contributed by atoms with Crippen LogP contribution in [0.5, 0.6) is 0 Å². The summed E-state index contributed by atoms with van der Waals surface area (Å²) < 4.78 is 13.8. The molecule has 0 bridgehead atoms. The highest BCUT2D eigenvalue weighted by Crippen LogP contribution is 2.34. The molecule has 1 aromatic carbocycles. The molecule has 1 aliphatic rings. The number of Topliss-reactive ketones (excluding diaryl/α,β-unsaturated/α-hetero) is 1. The van der Waals surface area contributed by atoms with Crippen molar-refractivity contribution in [2.45, 2.75) is 6.54 Å². The van der Waals surface area contributed by atoms with Crippen LogP contribution in [0.3, 0.4) is 0 Å². The van der Waals surface area contributed by atoms with Crippen LogP contribution >= 0.6 is 27.5 Å². The lowest BCUT2D eigenvalue weighted by Crippen LogP contribution is -2.29. The lowest BCUT2D eigenvalue weighted by Gasteiger charge is -2.16. The van der Waals surface area contributed by atoms with E-state index in [0.717, 1.165) is 6.07 Å². The minimum absolute atomic E-state index is 0.0548. The van der Waals surface area contributed by atoms with Crippen molar-refractivity contribution in [2.24, 2.45) is 0 Å². The highest BCUT2D eigenvalue weighted by Gasteiger charge is 2.36. The van der Waals surface area contributed by atoms with Gasteiger partial charge in [0.05, 0.1) is 28.0 Å². The van der Waals surface area contributed by atoms with Crippen LogP contribution in [0, 0.1) is 5.82 Å². The van der Waals surface area contributed by atoms with Crippen LogP contribution in [0.15, 0.2) is 34.9 Å². The molecular weight excluding hydrogens is 363 g/mol. The Kier molecular flexibility index (Phi) is 3.51. The second-order valence-electron chi connectivity index (χ2n) is 4.47. The molecule has 0 saturated carbocycles. The summed E-state index contributed by atoms with van der Waals surface area (Å²) in [6, 6.07) is 5.67. The molecule has 1 aromatic heterocycles. The third kappa shape index (κ3) is 2.45. The first-order valence-electron chi connectivity index (χ1n) is 5.93. The molecule has 0 radical (unpaired) electrons. The van der Waals surface area contributed by atoms with Gasteiger partial charge >= 0.3 is 0 Å². The standard InChI is InChI=1S/C14H7BrClFN2O2/c15-10-4-9-12(5-11(10)17)19(14(21)13(9)20)6-8-3-7(16)1-2-18-8/h1-5H,6H2. The summed E-state index contributed by atoms with van der Waals surface area (Å²) in [6.07, 6.45) is 1.50. The Balaban J connectivity index is 2.03. The number of amides is 1. The Morgan fingerprint density at radius 1 is 1.29 bits per heavy atom. The summed E-state index contributed by atoms with van der Waals surface area (Å²) in [7, 11) is 0. The second-order valence-corrected chi connectivity index (χ2v) is 5.76. The van der Waals surface area contributed by atoms with Gasteiger partial charge in [-0.25, -0.2) is 4.39 Å². The van der Waals surface area contributed by atoms with Gasteiger partial charge in [-0.15, -0.1) is 0 Å². The van der Waals surface area contributed by atoms with Gasteiger partial charge < -0.3 is 0 Å². The largest absolute Gasteiger partial charge is 0.299 e. The van der Waals surface area contributed by atoms with Crippen LogP contribution in [0.4, 0.5) is 10.1 Å². The van der Waals surface area contributed by atoms with E-state index >= 15 is 0 Å². The van der Waals surface area contributed by atoms with Crippen LogP contribution in [0.25, 0.3) is 0 Å². The Morgan fingerprint density at radius 3 is 2.76 bits per heavy atom. The predicted molar refractivity (Wildman–Crippen MR) is 78.9 cm³/mol. The van der Waals surface area contributed by atoms with Crippen molar-refractivity contribution in [2.75, 3.05) is 4.90 Å². The van der Waals surface area contributed by atoms with Crippen molar-refractivity contribution in [3.05, 3.63) is 57.0 Å². The SMILES string of the molecule is O=C1C(=O)N(Cc2cc(Cl)ccn2)c2cc(F)c(Br)cc21. The third-order valence-electron chi connectivity index (χ3n) is 3.11. The number of ketones is 1. The van der Waals surface area contributed by atoms with E-state index in [-0.39, 0.29) is 22.3 Å². The normalized spacial score (nSPS) is 13.8. The predicted octanol–water partition coefficient (Wildman–Crippen LogP) is 3.37. The van der Waals surface area contributed by atoms with E-state index in [2.05, 4.69) is 20.9 Å². The van der Waals surface area contributed by atoms with E-state index in [1.165, 1.54) is 17.2 Å². The average Bonchev–Trinajstić information content (AvgIpc) is 2.65. The number of benzene rings is 1. The number of aromatic nitrogens is 1. The van der Waals surface area contributed by atoms with Gasteiger partial charge in [-0.1, -0.05) is 11.6 Å². The number of hydrogen-bond donors (Lipinski definition) is 0. The molecule has 1 aliphatic heterocycles. The number of anilines is 1. The molecule has 0 saturated heterocycles. The van der Waals surface area contributed by atoms with Gasteiger partial charge in [0.2, 0.25) is 0 Å². The molecule has 0 atom stereocenters. The van der Waals surface area contributed by atoms with Crippen LogP contribution in [0.1, 0.15) is 16.1 Å². The molecule has 4 nitrogen and oxygen atoms in total. The van der Waals surface area contributed by atoms with E-state index in [9.17, 15) is 14.0 Å². The fraction of sp³-hybridized carbons (Fsp3) is 0.0714.